The van der Waals surface area contributed by atoms with E-state index in [1.807, 2.05) is 0 Å². The molecular weight excluding hydrogens is 144 g/mol. The molecule has 0 nitrogen and oxygen atoms in total. The molecule has 0 rings (SSSR count). The van der Waals surface area contributed by atoms with Crippen molar-refractivity contribution in [3.63, 3.8) is 0 Å². The molecule has 0 aromatic rings. The van der Waals surface area contributed by atoms with Gasteiger partial charge in [0.05, 0.1) is 0 Å². The molecule has 0 aromatic carbocycles. The fraction of sp³-hybridized carbons (Fsp3) is 0.583. The van der Waals surface area contributed by atoms with Crippen LogP contribution in [0, 0.1) is 6.42 Å². The van der Waals surface area contributed by atoms with Crippen molar-refractivity contribution in [1.82, 2.24) is 0 Å². The fourth-order valence-corrected chi connectivity index (χ4v) is 0.911. The monoisotopic (exact) mass is 165 g/mol. The molecule has 69 valence electrons. The van der Waals surface area contributed by atoms with Gasteiger partial charge in [-0.3, -0.25) is 0 Å². The minimum atomic E-state index is 1.12. The molecule has 0 unspecified atom stereocenters. The van der Waals surface area contributed by atoms with Gasteiger partial charge < -0.3 is 0 Å². The van der Waals surface area contributed by atoms with E-state index in [0.29, 0.717) is 0 Å². The van der Waals surface area contributed by atoms with Gasteiger partial charge in [0, 0.05) is 0 Å². The topological polar surface area (TPSA) is 0 Å². The maximum Gasteiger partial charge on any atom is -0.0317 e. The van der Waals surface area contributed by atoms with Gasteiger partial charge in [0.15, 0.2) is 0 Å². The number of allylic oxidation sites excluding steroid dienone is 4. The molecule has 0 aliphatic carbocycles. The molecule has 0 aromatic heterocycles. The molecule has 0 heteroatoms. The van der Waals surface area contributed by atoms with Crippen molar-refractivity contribution >= 4 is 0 Å². The van der Waals surface area contributed by atoms with E-state index in [1.165, 1.54) is 24.0 Å². The van der Waals surface area contributed by atoms with Crippen LogP contribution in [0.25, 0.3) is 0 Å². The molecule has 0 aliphatic rings. The molecule has 1 radical (unpaired) electrons. The van der Waals surface area contributed by atoms with E-state index in [1.54, 1.807) is 0 Å². The van der Waals surface area contributed by atoms with Crippen LogP contribution in [-0.2, 0) is 0 Å². The molecule has 0 spiro atoms. The van der Waals surface area contributed by atoms with Gasteiger partial charge >= 0.3 is 0 Å². The van der Waals surface area contributed by atoms with E-state index in [-0.39, 0.29) is 0 Å². The first-order valence-corrected chi connectivity index (χ1v) is 4.73. The Morgan fingerprint density at radius 1 is 1.17 bits per heavy atom. The third-order valence-corrected chi connectivity index (χ3v) is 1.93. The van der Waals surface area contributed by atoms with Crippen molar-refractivity contribution in [3.05, 3.63) is 29.7 Å². The second kappa shape index (κ2) is 7.15. The van der Waals surface area contributed by atoms with E-state index in [9.17, 15) is 0 Å². The van der Waals surface area contributed by atoms with Crippen molar-refractivity contribution in [2.45, 2.75) is 47.0 Å². The highest BCUT2D eigenvalue weighted by Crippen LogP contribution is 2.07. The average molecular weight is 165 g/mol. The second-order valence-electron chi connectivity index (χ2n) is 3.48. The van der Waals surface area contributed by atoms with Gasteiger partial charge in [-0.05, 0) is 53.4 Å². The van der Waals surface area contributed by atoms with Crippen LogP contribution in [-0.4, -0.2) is 0 Å². The van der Waals surface area contributed by atoms with Gasteiger partial charge in [-0.2, -0.15) is 0 Å². The van der Waals surface area contributed by atoms with Crippen LogP contribution < -0.4 is 0 Å². The average Bonchev–Trinajstić information content (AvgIpc) is 2.03. The molecule has 0 amide bonds. The highest BCUT2D eigenvalue weighted by atomic mass is 13.9. The summed E-state index contributed by atoms with van der Waals surface area (Å²) in [7, 11) is 0. The Morgan fingerprint density at radius 2 is 1.83 bits per heavy atom. The molecule has 0 bridgehead atoms. The lowest BCUT2D eigenvalue weighted by Gasteiger charge is -1.98. The molecule has 12 heavy (non-hydrogen) atoms. The smallest absolute Gasteiger partial charge is 0.0317 e. The third-order valence-electron chi connectivity index (χ3n) is 1.93. The number of unbranched alkanes of at least 4 members (excludes halogenated alkanes) is 2. The van der Waals surface area contributed by atoms with Gasteiger partial charge in [0.25, 0.3) is 0 Å². The van der Waals surface area contributed by atoms with E-state index in [4.69, 9.17) is 0 Å². The SMILES string of the molecule is CC=C(C)CC[CH]CC=C(C)C. The van der Waals surface area contributed by atoms with Crippen LogP contribution in [0.3, 0.4) is 0 Å². The zero-order valence-electron chi connectivity index (χ0n) is 8.85. The van der Waals surface area contributed by atoms with Gasteiger partial charge in [-0.1, -0.05) is 23.3 Å². The maximum atomic E-state index is 2.35. The van der Waals surface area contributed by atoms with Crippen molar-refractivity contribution in [1.29, 1.82) is 0 Å². The number of rotatable bonds is 5. The van der Waals surface area contributed by atoms with E-state index >= 15 is 0 Å². The van der Waals surface area contributed by atoms with Crippen LogP contribution in [0.5, 0.6) is 0 Å². The Hall–Kier alpha value is -0.520. The van der Waals surface area contributed by atoms with Crippen molar-refractivity contribution in [2.24, 2.45) is 0 Å². The van der Waals surface area contributed by atoms with Crippen LogP contribution in [0.1, 0.15) is 47.0 Å². The van der Waals surface area contributed by atoms with Crippen LogP contribution in [0.4, 0.5) is 0 Å². The summed E-state index contributed by atoms with van der Waals surface area (Å²) in [6.45, 7) is 8.58. The van der Waals surface area contributed by atoms with Crippen molar-refractivity contribution in [2.75, 3.05) is 0 Å². The Bertz CT molecular complexity index is 157. The first-order valence-electron chi connectivity index (χ1n) is 4.73. The highest BCUT2D eigenvalue weighted by molar-refractivity contribution is 4.99. The lowest BCUT2D eigenvalue weighted by Crippen LogP contribution is -1.79. The van der Waals surface area contributed by atoms with Crippen molar-refractivity contribution < 1.29 is 0 Å². The Morgan fingerprint density at radius 3 is 2.33 bits per heavy atom. The summed E-state index contributed by atoms with van der Waals surface area (Å²) in [5, 5.41) is 0. The lowest BCUT2D eigenvalue weighted by molar-refractivity contribution is 0.887. The number of hydrogen-bond donors (Lipinski definition) is 0. The summed E-state index contributed by atoms with van der Waals surface area (Å²) in [6.07, 6.45) is 10.4. The zero-order valence-corrected chi connectivity index (χ0v) is 8.85. The predicted molar refractivity (Wildman–Crippen MR) is 57.0 cm³/mol. The first kappa shape index (κ1) is 11.5. The predicted octanol–water partition coefficient (Wildman–Crippen LogP) is 4.29. The van der Waals surface area contributed by atoms with E-state index in [0.717, 1.165) is 6.42 Å². The Balaban J connectivity index is 3.28. The second-order valence-corrected chi connectivity index (χ2v) is 3.48. The molecule has 0 aliphatic heterocycles. The van der Waals surface area contributed by atoms with Crippen molar-refractivity contribution in [3.8, 4) is 0 Å². The molecule has 0 saturated heterocycles. The summed E-state index contributed by atoms with van der Waals surface area (Å²) in [5.41, 5.74) is 2.90. The van der Waals surface area contributed by atoms with Gasteiger partial charge in [-0.25, -0.2) is 0 Å². The van der Waals surface area contributed by atoms with E-state index < -0.39 is 0 Å². The summed E-state index contributed by atoms with van der Waals surface area (Å²) in [5.74, 6) is 0. The summed E-state index contributed by atoms with van der Waals surface area (Å²) in [6, 6.07) is 0. The molecule has 0 atom stereocenters. The quantitative estimate of drug-likeness (QED) is 0.421. The van der Waals surface area contributed by atoms with Gasteiger partial charge in [0.1, 0.15) is 0 Å². The Labute approximate surface area is 77.4 Å². The largest absolute Gasteiger partial charge is 0.0887 e. The zero-order chi connectivity index (χ0) is 9.40. The molecular formula is C12H21. The molecule has 0 fully saturated rings. The van der Waals surface area contributed by atoms with E-state index in [2.05, 4.69) is 46.3 Å². The number of hydrogen-bond acceptors (Lipinski definition) is 0. The Kier molecular flexibility index (Phi) is 6.84. The third kappa shape index (κ3) is 7.59. The lowest BCUT2D eigenvalue weighted by atomic mass is 10.1. The standard InChI is InChI=1S/C12H21/c1-5-12(4)10-8-6-7-9-11(2)3/h5-6,9H,7-8,10H2,1-4H3. The van der Waals surface area contributed by atoms with Gasteiger partial charge in [-0.15, -0.1) is 0 Å². The van der Waals surface area contributed by atoms with Gasteiger partial charge in [0.2, 0.25) is 0 Å². The minimum Gasteiger partial charge on any atom is -0.0887 e. The minimum absolute atomic E-state index is 1.12. The van der Waals surface area contributed by atoms with Crippen LogP contribution in [0.15, 0.2) is 23.3 Å². The molecule has 0 saturated carbocycles. The molecule has 0 N–H and O–H groups in total. The maximum absolute atomic E-state index is 2.35. The fourth-order valence-electron chi connectivity index (χ4n) is 0.911. The normalized spacial score (nSPS) is 11.5. The first-order chi connectivity index (χ1) is 5.66. The van der Waals surface area contributed by atoms with Crippen LogP contribution >= 0.6 is 0 Å². The summed E-state index contributed by atoms with van der Waals surface area (Å²) in [4.78, 5) is 0. The molecule has 0 heterocycles. The highest BCUT2D eigenvalue weighted by Gasteiger charge is 1.89. The summed E-state index contributed by atoms with van der Waals surface area (Å²) >= 11 is 0. The van der Waals surface area contributed by atoms with Crippen LogP contribution in [0.2, 0.25) is 0 Å². The summed E-state index contributed by atoms with van der Waals surface area (Å²) < 4.78 is 0.